The fourth-order valence-electron chi connectivity index (χ4n) is 7.12. The SMILES string of the molecule is CC(C)[C@@H]1CC[C@@H](C)C[C@H]1OC(=O)[C@]1(NC(=O)c2ccccc2)N=NC[C@H]1SC(c1ccccc1)(c1ccccc1)c1ccccc1. The Balaban J connectivity index is 1.47. The van der Waals surface area contributed by atoms with Crippen LogP contribution in [-0.4, -0.2) is 35.4 Å². The predicted octanol–water partition coefficient (Wildman–Crippen LogP) is 8.68. The maximum atomic E-state index is 14.8. The standard InChI is InChI=1S/C40H43N3O3S/c1-28(2)34-25-24-29(3)26-35(34)46-38(45)40(42-37(44)30-16-8-4-9-17-30)36(27-41-43-40)47-39(31-18-10-5-11-19-31,32-20-12-6-13-21-32)33-22-14-7-15-23-33/h4-23,28-29,34-36H,24-27H2,1-3H3,(H,42,44)/t29-,34+,35-,36-,40-/m1/s1. The van der Waals surface area contributed by atoms with Crippen LogP contribution in [0.4, 0.5) is 0 Å². The minimum atomic E-state index is -1.73. The Kier molecular flexibility index (Phi) is 9.92. The summed E-state index contributed by atoms with van der Waals surface area (Å²) in [6, 6.07) is 39.9. The number of hydrogen-bond acceptors (Lipinski definition) is 6. The number of rotatable bonds is 10. The van der Waals surface area contributed by atoms with Gasteiger partial charge in [-0.15, -0.1) is 11.8 Å². The number of nitrogens with one attached hydrogen (secondary N) is 1. The molecule has 242 valence electrons. The van der Waals surface area contributed by atoms with Crippen molar-refractivity contribution >= 4 is 23.6 Å². The fraction of sp³-hybridized carbons (Fsp3) is 0.350. The molecule has 5 atom stereocenters. The molecule has 2 aliphatic rings. The molecule has 1 N–H and O–H groups in total. The highest BCUT2D eigenvalue weighted by Crippen LogP contribution is 2.53. The monoisotopic (exact) mass is 645 g/mol. The third kappa shape index (κ3) is 6.64. The average Bonchev–Trinajstić information content (AvgIpc) is 3.51. The summed E-state index contributed by atoms with van der Waals surface area (Å²) in [6.07, 6.45) is 2.63. The zero-order valence-electron chi connectivity index (χ0n) is 27.3. The van der Waals surface area contributed by atoms with Gasteiger partial charge in [0.15, 0.2) is 0 Å². The van der Waals surface area contributed by atoms with Gasteiger partial charge < -0.3 is 10.1 Å². The average molecular weight is 646 g/mol. The number of benzene rings is 4. The quantitative estimate of drug-likeness (QED) is 0.138. The first-order valence-corrected chi connectivity index (χ1v) is 17.5. The van der Waals surface area contributed by atoms with E-state index in [-0.39, 0.29) is 18.6 Å². The Bertz CT molecular complexity index is 1570. The molecule has 7 heteroatoms. The molecule has 0 saturated heterocycles. The summed E-state index contributed by atoms with van der Waals surface area (Å²) in [7, 11) is 0. The Labute approximate surface area is 282 Å². The van der Waals surface area contributed by atoms with Gasteiger partial charge in [-0.1, -0.05) is 136 Å². The third-order valence-electron chi connectivity index (χ3n) is 9.67. The first-order chi connectivity index (χ1) is 22.8. The molecule has 4 aromatic rings. The number of esters is 1. The van der Waals surface area contributed by atoms with Gasteiger partial charge in [0.2, 0.25) is 0 Å². The Morgan fingerprint density at radius 3 is 1.83 bits per heavy atom. The second-order valence-electron chi connectivity index (χ2n) is 13.2. The molecule has 6 nitrogen and oxygen atoms in total. The van der Waals surface area contributed by atoms with Crippen LogP contribution in [0.2, 0.25) is 0 Å². The molecule has 1 aliphatic carbocycles. The van der Waals surface area contributed by atoms with Gasteiger partial charge in [-0.3, -0.25) is 4.79 Å². The predicted molar refractivity (Wildman–Crippen MR) is 188 cm³/mol. The van der Waals surface area contributed by atoms with Crippen LogP contribution >= 0.6 is 11.8 Å². The van der Waals surface area contributed by atoms with Crippen LogP contribution in [0.3, 0.4) is 0 Å². The molecule has 4 aromatic carbocycles. The van der Waals surface area contributed by atoms with E-state index in [0.29, 0.717) is 17.4 Å². The van der Waals surface area contributed by atoms with Crippen molar-refractivity contribution in [3.63, 3.8) is 0 Å². The summed E-state index contributed by atoms with van der Waals surface area (Å²) in [4.78, 5) is 28.7. The number of nitrogens with zero attached hydrogens (tertiary/aromatic N) is 2. The summed E-state index contributed by atoms with van der Waals surface area (Å²) in [5.41, 5.74) is 1.85. The molecule has 1 saturated carbocycles. The van der Waals surface area contributed by atoms with Gasteiger partial charge in [0.1, 0.15) is 6.10 Å². The molecule has 6 rings (SSSR count). The first-order valence-electron chi connectivity index (χ1n) is 16.6. The van der Waals surface area contributed by atoms with E-state index in [1.807, 2.05) is 72.8 Å². The van der Waals surface area contributed by atoms with Crippen LogP contribution in [0, 0.1) is 17.8 Å². The van der Waals surface area contributed by atoms with Crippen molar-refractivity contribution in [2.24, 2.45) is 28.0 Å². The van der Waals surface area contributed by atoms with Gasteiger partial charge in [0.05, 0.1) is 16.5 Å². The van der Waals surface area contributed by atoms with Crippen LogP contribution in [0.1, 0.15) is 67.1 Å². The van der Waals surface area contributed by atoms with Gasteiger partial charge in [-0.2, -0.15) is 10.2 Å². The smallest absolute Gasteiger partial charge is 0.358 e. The molecule has 0 aromatic heterocycles. The van der Waals surface area contributed by atoms with Crippen molar-refractivity contribution in [2.75, 3.05) is 6.54 Å². The number of carbonyl (C=O) groups is 2. The van der Waals surface area contributed by atoms with Crippen LogP contribution in [-0.2, 0) is 14.3 Å². The highest BCUT2D eigenvalue weighted by Gasteiger charge is 2.57. The highest BCUT2D eigenvalue weighted by atomic mass is 32.2. The lowest BCUT2D eigenvalue weighted by atomic mass is 9.75. The molecule has 1 heterocycles. The lowest BCUT2D eigenvalue weighted by Gasteiger charge is -2.42. The first kappa shape index (κ1) is 32.7. The number of hydrogen-bond donors (Lipinski definition) is 1. The minimum absolute atomic E-state index is 0.234. The molecule has 1 aliphatic heterocycles. The third-order valence-corrected chi connectivity index (χ3v) is 11.5. The second-order valence-corrected chi connectivity index (χ2v) is 14.6. The Morgan fingerprint density at radius 1 is 0.809 bits per heavy atom. The topological polar surface area (TPSA) is 80.1 Å². The van der Waals surface area contributed by atoms with Crippen LogP contribution < -0.4 is 5.32 Å². The van der Waals surface area contributed by atoms with E-state index < -0.39 is 27.5 Å². The zero-order chi connectivity index (χ0) is 32.9. The van der Waals surface area contributed by atoms with E-state index in [0.717, 1.165) is 36.0 Å². The summed E-state index contributed by atoms with van der Waals surface area (Å²) in [6.45, 7) is 6.83. The van der Waals surface area contributed by atoms with E-state index in [9.17, 15) is 9.59 Å². The molecular weight excluding hydrogens is 603 g/mol. The van der Waals surface area contributed by atoms with Crippen molar-refractivity contribution in [1.82, 2.24) is 5.32 Å². The minimum Gasteiger partial charge on any atom is -0.459 e. The van der Waals surface area contributed by atoms with E-state index in [1.54, 1.807) is 23.9 Å². The fourth-order valence-corrected chi connectivity index (χ4v) is 8.88. The summed E-state index contributed by atoms with van der Waals surface area (Å²) in [5, 5.41) is 11.6. The maximum absolute atomic E-state index is 14.8. The molecule has 1 amide bonds. The molecule has 0 unspecified atom stereocenters. The van der Waals surface area contributed by atoms with E-state index in [1.165, 1.54) is 0 Å². The van der Waals surface area contributed by atoms with Gasteiger partial charge in [0, 0.05) is 5.56 Å². The van der Waals surface area contributed by atoms with Crippen molar-refractivity contribution in [3.8, 4) is 0 Å². The summed E-state index contributed by atoms with van der Waals surface area (Å²) >= 11 is 1.60. The summed E-state index contributed by atoms with van der Waals surface area (Å²) in [5.74, 6) is 0.0883. The van der Waals surface area contributed by atoms with Gasteiger partial charge in [-0.05, 0) is 59.4 Å². The summed E-state index contributed by atoms with van der Waals surface area (Å²) < 4.78 is 5.74. The molecule has 1 fully saturated rings. The van der Waals surface area contributed by atoms with E-state index in [4.69, 9.17) is 4.74 Å². The van der Waals surface area contributed by atoms with E-state index in [2.05, 4.69) is 72.7 Å². The number of azo groups is 1. The molecule has 47 heavy (non-hydrogen) atoms. The maximum Gasteiger partial charge on any atom is 0.358 e. The van der Waals surface area contributed by atoms with Gasteiger partial charge in [-0.25, -0.2) is 4.79 Å². The van der Waals surface area contributed by atoms with Crippen molar-refractivity contribution < 1.29 is 14.3 Å². The van der Waals surface area contributed by atoms with Crippen LogP contribution in [0.15, 0.2) is 132 Å². The van der Waals surface area contributed by atoms with Gasteiger partial charge >= 0.3 is 5.97 Å². The number of thioether (sulfide) groups is 1. The number of ether oxygens (including phenoxy) is 1. The Hall–Kier alpha value is -4.23. The lowest BCUT2D eigenvalue weighted by Crippen LogP contribution is -2.61. The van der Waals surface area contributed by atoms with Crippen LogP contribution in [0.5, 0.6) is 0 Å². The number of carbonyl (C=O) groups excluding carboxylic acids is 2. The molecule has 0 bridgehead atoms. The van der Waals surface area contributed by atoms with Crippen LogP contribution in [0.25, 0.3) is 0 Å². The zero-order valence-corrected chi connectivity index (χ0v) is 28.1. The second kappa shape index (κ2) is 14.3. The lowest BCUT2D eigenvalue weighted by molar-refractivity contribution is -0.163. The largest absolute Gasteiger partial charge is 0.459 e. The molecular formula is C40H43N3O3S. The molecule has 0 radical (unpaired) electrons. The van der Waals surface area contributed by atoms with Crippen molar-refractivity contribution in [3.05, 3.63) is 144 Å². The van der Waals surface area contributed by atoms with Crippen molar-refractivity contribution in [1.29, 1.82) is 0 Å². The normalized spacial score (nSPS) is 24.2. The van der Waals surface area contributed by atoms with E-state index >= 15 is 0 Å². The van der Waals surface area contributed by atoms with Crippen molar-refractivity contribution in [2.45, 2.75) is 61.8 Å². The Morgan fingerprint density at radius 2 is 1.32 bits per heavy atom. The number of amides is 1. The highest BCUT2D eigenvalue weighted by molar-refractivity contribution is 8.01. The molecule has 0 spiro atoms. The van der Waals surface area contributed by atoms with Gasteiger partial charge in [0.25, 0.3) is 11.6 Å².